The molecule has 1 aromatic rings. The summed E-state index contributed by atoms with van der Waals surface area (Å²) in [5.74, 6) is 0.235. The second-order valence-electron chi connectivity index (χ2n) is 3.80. The van der Waals surface area contributed by atoms with Crippen molar-refractivity contribution >= 4 is 27.5 Å². The Morgan fingerprint density at radius 3 is 2.88 bits per heavy atom. The van der Waals surface area contributed by atoms with Gasteiger partial charge in [0.15, 0.2) is 0 Å². The Labute approximate surface area is 103 Å². The molecule has 2 rings (SSSR count). The number of halogens is 1. The lowest BCUT2D eigenvalue weighted by atomic mass is 10.4. The van der Waals surface area contributed by atoms with E-state index in [0.717, 1.165) is 25.3 Å². The van der Waals surface area contributed by atoms with Crippen molar-refractivity contribution in [1.82, 2.24) is 9.88 Å². The number of pyridine rings is 1. The molecule has 1 saturated heterocycles. The van der Waals surface area contributed by atoms with Crippen molar-refractivity contribution in [3.63, 3.8) is 0 Å². The summed E-state index contributed by atoms with van der Waals surface area (Å²) in [7, 11) is 0. The minimum Gasteiger partial charge on any atom is -0.383 e. The third kappa shape index (κ3) is 2.95. The molecule has 0 aliphatic carbocycles. The minimum absolute atomic E-state index is 0.235. The number of hydrogen-bond donors (Lipinski definition) is 1. The van der Waals surface area contributed by atoms with Crippen LogP contribution in [0.15, 0.2) is 24.5 Å². The van der Waals surface area contributed by atoms with Gasteiger partial charge in [-0.3, -0.25) is 9.78 Å². The molecule has 0 radical (unpaired) electrons. The van der Waals surface area contributed by atoms with Gasteiger partial charge >= 0.3 is 0 Å². The highest BCUT2D eigenvalue weighted by Crippen LogP contribution is 2.17. The molecule has 1 fully saturated rings. The Hall–Kier alpha value is -1.10. The minimum atomic E-state index is 0.235. The van der Waals surface area contributed by atoms with E-state index in [2.05, 4.69) is 26.2 Å². The van der Waals surface area contributed by atoms with Crippen LogP contribution in [0.3, 0.4) is 0 Å². The largest absolute Gasteiger partial charge is 0.383 e. The number of nitrogens with one attached hydrogen (secondary N) is 1. The van der Waals surface area contributed by atoms with Crippen molar-refractivity contribution in [2.24, 2.45) is 0 Å². The zero-order valence-corrected chi connectivity index (χ0v) is 10.5. The number of aromatic nitrogens is 1. The van der Waals surface area contributed by atoms with Gasteiger partial charge in [-0.15, -0.1) is 0 Å². The number of amides is 1. The number of alkyl halides is 1. The lowest BCUT2D eigenvalue weighted by Crippen LogP contribution is -2.30. The molecule has 1 N–H and O–H groups in total. The molecule has 1 atom stereocenters. The molecule has 1 aliphatic heterocycles. The summed E-state index contributed by atoms with van der Waals surface area (Å²) in [5.41, 5.74) is 1.04. The van der Waals surface area contributed by atoms with Crippen LogP contribution in [0, 0.1) is 0 Å². The molecule has 5 heteroatoms. The highest BCUT2D eigenvalue weighted by Gasteiger charge is 2.26. The van der Waals surface area contributed by atoms with Crippen LogP contribution in [-0.4, -0.2) is 40.3 Å². The average molecular weight is 284 g/mol. The van der Waals surface area contributed by atoms with Crippen LogP contribution in [0.25, 0.3) is 0 Å². The van der Waals surface area contributed by atoms with Gasteiger partial charge in [-0.25, -0.2) is 0 Å². The summed E-state index contributed by atoms with van der Waals surface area (Å²) in [5, 5.41) is 3.26. The smallest absolute Gasteiger partial charge is 0.223 e. The van der Waals surface area contributed by atoms with Crippen LogP contribution in [-0.2, 0) is 4.79 Å². The molecule has 16 heavy (non-hydrogen) atoms. The van der Waals surface area contributed by atoms with Gasteiger partial charge in [0.05, 0.1) is 0 Å². The first-order chi connectivity index (χ1) is 7.75. The normalized spacial score (nSPS) is 20.2. The SMILES string of the molecule is O=C1CC(Br)CN1CCNc1ccncc1. The topological polar surface area (TPSA) is 45.2 Å². The summed E-state index contributed by atoms with van der Waals surface area (Å²) in [6, 6.07) is 3.83. The van der Waals surface area contributed by atoms with E-state index in [9.17, 15) is 4.79 Å². The Kier molecular flexibility index (Phi) is 3.77. The van der Waals surface area contributed by atoms with E-state index in [1.807, 2.05) is 17.0 Å². The van der Waals surface area contributed by atoms with Gasteiger partial charge in [0.25, 0.3) is 0 Å². The number of anilines is 1. The molecule has 1 aliphatic rings. The first kappa shape index (κ1) is 11.4. The fraction of sp³-hybridized carbons (Fsp3) is 0.455. The van der Waals surface area contributed by atoms with Crippen molar-refractivity contribution in [2.75, 3.05) is 25.0 Å². The van der Waals surface area contributed by atoms with Gasteiger partial charge < -0.3 is 10.2 Å². The Balaban J connectivity index is 1.74. The van der Waals surface area contributed by atoms with E-state index in [4.69, 9.17) is 0 Å². The van der Waals surface area contributed by atoms with Crippen molar-refractivity contribution < 1.29 is 4.79 Å². The van der Waals surface area contributed by atoms with Crippen LogP contribution < -0.4 is 5.32 Å². The summed E-state index contributed by atoms with van der Waals surface area (Å²) < 4.78 is 0. The highest BCUT2D eigenvalue weighted by molar-refractivity contribution is 9.09. The second-order valence-corrected chi connectivity index (χ2v) is 5.10. The molecule has 1 unspecified atom stereocenters. The maximum Gasteiger partial charge on any atom is 0.223 e. The molecule has 0 saturated carbocycles. The van der Waals surface area contributed by atoms with E-state index in [-0.39, 0.29) is 5.91 Å². The first-order valence-corrected chi connectivity index (χ1v) is 6.23. The number of likely N-dealkylation sites (tertiary alicyclic amines) is 1. The molecule has 4 nitrogen and oxygen atoms in total. The number of carbonyl (C=O) groups excluding carboxylic acids is 1. The Morgan fingerprint density at radius 1 is 1.50 bits per heavy atom. The molecule has 2 heterocycles. The van der Waals surface area contributed by atoms with Gasteiger partial charge in [-0.2, -0.15) is 0 Å². The summed E-state index contributed by atoms with van der Waals surface area (Å²) in [6.07, 6.45) is 4.12. The zero-order valence-electron chi connectivity index (χ0n) is 8.90. The Bertz CT molecular complexity index is 358. The summed E-state index contributed by atoms with van der Waals surface area (Å²) in [6.45, 7) is 2.34. The molecule has 86 valence electrons. The number of nitrogens with zero attached hydrogens (tertiary/aromatic N) is 2. The van der Waals surface area contributed by atoms with Crippen LogP contribution in [0.4, 0.5) is 5.69 Å². The third-order valence-corrected chi connectivity index (χ3v) is 3.17. The standard InChI is InChI=1S/C11H14BrN3O/c12-9-7-11(16)15(8-9)6-5-14-10-1-3-13-4-2-10/h1-4,9H,5-8H2,(H,13,14). The monoisotopic (exact) mass is 283 g/mol. The predicted molar refractivity (Wildman–Crippen MR) is 66.6 cm³/mol. The van der Waals surface area contributed by atoms with Crippen molar-refractivity contribution in [3.05, 3.63) is 24.5 Å². The molecule has 0 bridgehead atoms. The van der Waals surface area contributed by atoms with Crippen LogP contribution >= 0.6 is 15.9 Å². The highest BCUT2D eigenvalue weighted by atomic mass is 79.9. The van der Waals surface area contributed by atoms with E-state index >= 15 is 0 Å². The van der Waals surface area contributed by atoms with E-state index in [0.29, 0.717) is 11.2 Å². The average Bonchev–Trinajstić information content (AvgIpc) is 2.59. The van der Waals surface area contributed by atoms with Gasteiger partial charge in [0, 0.05) is 49.0 Å². The van der Waals surface area contributed by atoms with E-state index in [1.165, 1.54) is 0 Å². The fourth-order valence-electron chi connectivity index (χ4n) is 1.75. The summed E-state index contributed by atoms with van der Waals surface area (Å²) in [4.78, 5) is 17.6. The Morgan fingerprint density at radius 2 is 2.25 bits per heavy atom. The first-order valence-electron chi connectivity index (χ1n) is 5.31. The summed E-state index contributed by atoms with van der Waals surface area (Å²) >= 11 is 3.46. The van der Waals surface area contributed by atoms with E-state index < -0.39 is 0 Å². The van der Waals surface area contributed by atoms with Gasteiger partial charge in [-0.1, -0.05) is 15.9 Å². The van der Waals surface area contributed by atoms with Crippen LogP contribution in [0.2, 0.25) is 0 Å². The van der Waals surface area contributed by atoms with Crippen LogP contribution in [0.5, 0.6) is 0 Å². The van der Waals surface area contributed by atoms with Gasteiger partial charge in [0.1, 0.15) is 0 Å². The molecule has 0 spiro atoms. The van der Waals surface area contributed by atoms with Crippen molar-refractivity contribution in [2.45, 2.75) is 11.2 Å². The fourth-order valence-corrected chi connectivity index (χ4v) is 2.37. The number of rotatable bonds is 4. The maximum absolute atomic E-state index is 11.5. The lowest BCUT2D eigenvalue weighted by Gasteiger charge is -2.16. The second kappa shape index (κ2) is 5.30. The van der Waals surface area contributed by atoms with Crippen LogP contribution in [0.1, 0.15) is 6.42 Å². The van der Waals surface area contributed by atoms with E-state index in [1.54, 1.807) is 12.4 Å². The number of carbonyl (C=O) groups is 1. The number of hydrogen-bond acceptors (Lipinski definition) is 3. The zero-order chi connectivity index (χ0) is 11.4. The molecule has 0 aromatic carbocycles. The molecular weight excluding hydrogens is 270 g/mol. The van der Waals surface area contributed by atoms with Crippen molar-refractivity contribution in [1.29, 1.82) is 0 Å². The molecular formula is C11H14BrN3O. The van der Waals surface area contributed by atoms with Gasteiger partial charge in [0.2, 0.25) is 5.91 Å². The third-order valence-electron chi connectivity index (χ3n) is 2.56. The molecule has 1 aromatic heterocycles. The molecule has 1 amide bonds. The predicted octanol–water partition coefficient (Wildman–Crippen LogP) is 1.49. The van der Waals surface area contributed by atoms with Gasteiger partial charge in [-0.05, 0) is 12.1 Å². The quantitative estimate of drug-likeness (QED) is 0.852. The van der Waals surface area contributed by atoms with Crippen molar-refractivity contribution in [3.8, 4) is 0 Å². The lowest BCUT2D eigenvalue weighted by molar-refractivity contribution is -0.127. The maximum atomic E-state index is 11.5.